The lowest BCUT2D eigenvalue weighted by Gasteiger charge is -2.09. The Balaban J connectivity index is 1.92. The summed E-state index contributed by atoms with van der Waals surface area (Å²) in [6.45, 7) is 3.64. The van der Waals surface area contributed by atoms with E-state index in [0.29, 0.717) is 5.56 Å². The van der Waals surface area contributed by atoms with Crippen LogP contribution in [0.25, 0.3) is 0 Å². The van der Waals surface area contributed by atoms with E-state index in [9.17, 15) is 9.59 Å². The molecule has 2 rings (SSSR count). The first-order valence-corrected chi connectivity index (χ1v) is 6.76. The van der Waals surface area contributed by atoms with E-state index in [2.05, 4.69) is 10.6 Å². The second-order valence-corrected chi connectivity index (χ2v) is 4.91. The van der Waals surface area contributed by atoms with Crippen LogP contribution in [0, 0.1) is 6.92 Å². The number of amides is 1. The number of Topliss-reactive ketones (excluding diaryl/α,β-unsaturated/α-hetero) is 1. The molecule has 0 fully saturated rings. The Morgan fingerprint density at radius 3 is 2.43 bits per heavy atom. The van der Waals surface area contributed by atoms with E-state index in [1.165, 1.54) is 6.92 Å². The minimum Gasteiger partial charge on any atom is -0.376 e. The normalized spacial score (nSPS) is 10.0. The Hall–Kier alpha value is -2.62. The van der Waals surface area contributed by atoms with Crippen LogP contribution in [0.2, 0.25) is 0 Å². The van der Waals surface area contributed by atoms with Crippen molar-refractivity contribution in [3.05, 3.63) is 59.7 Å². The third-order valence-corrected chi connectivity index (χ3v) is 3.02. The second-order valence-electron chi connectivity index (χ2n) is 4.91. The van der Waals surface area contributed by atoms with Crippen molar-refractivity contribution in [1.82, 2.24) is 0 Å². The van der Waals surface area contributed by atoms with E-state index in [0.717, 1.165) is 16.9 Å². The van der Waals surface area contributed by atoms with Crippen molar-refractivity contribution in [3.63, 3.8) is 0 Å². The topological polar surface area (TPSA) is 58.2 Å². The summed E-state index contributed by atoms with van der Waals surface area (Å²) in [7, 11) is 0. The molecule has 0 atom stereocenters. The average Bonchev–Trinajstić information content (AvgIpc) is 2.45. The van der Waals surface area contributed by atoms with E-state index in [1.54, 1.807) is 18.2 Å². The Labute approximate surface area is 124 Å². The van der Waals surface area contributed by atoms with Gasteiger partial charge in [0.05, 0.1) is 6.54 Å². The van der Waals surface area contributed by atoms with Crippen molar-refractivity contribution in [3.8, 4) is 0 Å². The number of aryl methyl sites for hydroxylation is 1. The quantitative estimate of drug-likeness (QED) is 0.828. The molecule has 0 unspecified atom stereocenters. The molecule has 0 aliphatic rings. The molecule has 0 spiro atoms. The number of hydrogen-bond donors (Lipinski definition) is 2. The molecule has 2 aromatic carbocycles. The number of hydrogen-bond acceptors (Lipinski definition) is 3. The highest BCUT2D eigenvalue weighted by Crippen LogP contribution is 2.12. The summed E-state index contributed by atoms with van der Waals surface area (Å²) in [5.41, 5.74) is 3.25. The molecule has 0 aliphatic carbocycles. The van der Waals surface area contributed by atoms with Crippen molar-refractivity contribution >= 4 is 23.1 Å². The second kappa shape index (κ2) is 6.70. The molecule has 0 radical (unpaired) electrons. The van der Waals surface area contributed by atoms with Gasteiger partial charge in [-0.3, -0.25) is 9.59 Å². The number of nitrogens with one attached hydrogen (secondary N) is 2. The van der Waals surface area contributed by atoms with Crippen LogP contribution in [0.3, 0.4) is 0 Å². The maximum Gasteiger partial charge on any atom is 0.243 e. The van der Waals surface area contributed by atoms with Crippen molar-refractivity contribution < 1.29 is 9.59 Å². The average molecular weight is 282 g/mol. The molecule has 0 aromatic heterocycles. The van der Waals surface area contributed by atoms with E-state index >= 15 is 0 Å². The molecule has 2 N–H and O–H groups in total. The van der Waals surface area contributed by atoms with Crippen molar-refractivity contribution in [2.45, 2.75) is 13.8 Å². The monoisotopic (exact) mass is 282 g/mol. The number of benzene rings is 2. The van der Waals surface area contributed by atoms with E-state index < -0.39 is 0 Å². The fourth-order valence-corrected chi connectivity index (χ4v) is 1.96. The maximum absolute atomic E-state index is 11.9. The molecule has 4 nitrogen and oxygen atoms in total. The van der Waals surface area contributed by atoms with Crippen LogP contribution in [-0.2, 0) is 4.79 Å². The predicted molar refractivity (Wildman–Crippen MR) is 84.7 cm³/mol. The van der Waals surface area contributed by atoms with Gasteiger partial charge in [0.1, 0.15) is 0 Å². The van der Waals surface area contributed by atoms with Gasteiger partial charge in [0.2, 0.25) is 5.91 Å². The molecule has 108 valence electrons. The zero-order chi connectivity index (χ0) is 15.2. The maximum atomic E-state index is 11.9. The van der Waals surface area contributed by atoms with Crippen molar-refractivity contribution in [2.75, 3.05) is 17.2 Å². The summed E-state index contributed by atoms with van der Waals surface area (Å²) in [5, 5.41) is 5.83. The Morgan fingerprint density at radius 2 is 1.71 bits per heavy atom. The minimum absolute atomic E-state index is 0.00265. The highest BCUT2D eigenvalue weighted by molar-refractivity contribution is 5.96. The lowest BCUT2D eigenvalue weighted by molar-refractivity contribution is -0.114. The molecule has 0 aliphatic heterocycles. The van der Waals surface area contributed by atoms with Gasteiger partial charge in [-0.1, -0.05) is 24.3 Å². The fraction of sp³-hybridized carbons (Fsp3) is 0.176. The van der Waals surface area contributed by atoms with Gasteiger partial charge in [-0.05, 0) is 43.7 Å². The molecule has 4 heteroatoms. The molecule has 0 bridgehead atoms. The van der Waals surface area contributed by atoms with Gasteiger partial charge in [0.15, 0.2) is 5.78 Å². The summed E-state index contributed by atoms with van der Waals surface area (Å²) < 4.78 is 0. The standard InChI is InChI=1S/C17H18N2O2/c1-12-5-3-8-16(9-12)19-17(21)11-18-15-7-4-6-14(10-15)13(2)20/h3-10,18H,11H2,1-2H3,(H,19,21). The summed E-state index contributed by atoms with van der Waals surface area (Å²) in [4.78, 5) is 23.2. The Kier molecular flexibility index (Phi) is 4.72. The third-order valence-electron chi connectivity index (χ3n) is 3.02. The first kappa shape index (κ1) is 14.8. The summed E-state index contributed by atoms with van der Waals surface area (Å²) in [6.07, 6.45) is 0. The number of rotatable bonds is 5. The van der Waals surface area contributed by atoms with Crippen LogP contribution in [-0.4, -0.2) is 18.2 Å². The van der Waals surface area contributed by atoms with Gasteiger partial charge in [0, 0.05) is 16.9 Å². The van der Waals surface area contributed by atoms with Gasteiger partial charge in [-0.25, -0.2) is 0 Å². The molecule has 0 heterocycles. The molecule has 0 saturated heterocycles. The van der Waals surface area contributed by atoms with Crippen LogP contribution >= 0.6 is 0 Å². The SMILES string of the molecule is CC(=O)c1cccc(NCC(=O)Nc2cccc(C)c2)c1. The number of anilines is 2. The molecule has 21 heavy (non-hydrogen) atoms. The van der Waals surface area contributed by atoms with Gasteiger partial charge < -0.3 is 10.6 Å². The first-order valence-electron chi connectivity index (χ1n) is 6.76. The van der Waals surface area contributed by atoms with Gasteiger partial charge >= 0.3 is 0 Å². The van der Waals surface area contributed by atoms with E-state index in [1.807, 2.05) is 37.3 Å². The lowest BCUT2D eigenvalue weighted by atomic mass is 10.1. The zero-order valence-electron chi connectivity index (χ0n) is 12.1. The van der Waals surface area contributed by atoms with Gasteiger partial charge in [0.25, 0.3) is 0 Å². The highest BCUT2D eigenvalue weighted by atomic mass is 16.2. The van der Waals surface area contributed by atoms with E-state index in [4.69, 9.17) is 0 Å². The highest BCUT2D eigenvalue weighted by Gasteiger charge is 2.04. The van der Waals surface area contributed by atoms with Crippen LogP contribution in [0.15, 0.2) is 48.5 Å². The number of carbonyl (C=O) groups is 2. The molecule has 1 amide bonds. The van der Waals surface area contributed by atoms with Gasteiger partial charge in [-0.15, -0.1) is 0 Å². The van der Waals surface area contributed by atoms with Crippen LogP contribution in [0.5, 0.6) is 0 Å². The lowest BCUT2D eigenvalue weighted by Crippen LogP contribution is -2.21. The van der Waals surface area contributed by atoms with Crippen LogP contribution in [0.1, 0.15) is 22.8 Å². The van der Waals surface area contributed by atoms with Crippen LogP contribution < -0.4 is 10.6 Å². The minimum atomic E-state index is -0.131. The first-order chi connectivity index (χ1) is 10.0. The van der Waals surface area contributed by atoms with Crippen molar-refractivity contribution in [2.24, 2.45) is 0 Å². The summed E-state index contributed by atoms with van der Waals surface area (Å²) in [6, 6.07) is 14.7. The fourth-order valence-electron chi connectivity index (χ4n) is 1.96. The summed E-state index contributed by atoms with van der Waals surface area (Å²) >= 11 is 0. The molecular weight excluding hydrogens is 264 g/mol. The Morgan fingerprint density at radius 1 is 1.00 bits per heavy atom. The zero-order valence-corrected chi connectivity index (χ0v) is 12.1. The van der Waals surface area contributed by atoms with Crippen LogP contribution in [0.4, 0.5) is 11.4 Å². The van der Waals surface area contributed by atoms with Gasteiger partial charge in [-0.2, -0.15) is 0 Å². The van der Waals surface area contributed by atoms with E-state index in [-0.39, 0.29) is 18.2 Å². The third kappa shape index (κ3) is 4.45. The number of ketones is 1. The van der Waals surface area contributed by atoms with Crippen molar-refractivity contribution in [1.29, 1.82) is 0 Å². The molecule has 2 aromatic rings. The number of carbonyl (C=O) groups excluding carboxylic acids is 2. The summed E-state index contributed by atoms with van der Waals surface area (Å²) in [5.74, 6) is -0.128. The predicted octanol–water partition coefficient (Wildman–Crippen LogP) is 3.25. The smallest absolute Gasteiger partial charge is 0.243 e. The Bertz CT molecular complexity index is 665. The largest absolute Gasteiger partial charge is 0.376 e. The molecular formula is C17H18N2O2. The molecule has 0 saturated carbocycles.